The Morgan fingerprint density at radius 1 is 1.00 bits per heavy atom. The Labute approximate surface area is 141 Å². The number of rotatable bonds is 2. The lowest BCUT2D eigenvalue weighted by molar-refractivity contribution is -0.138. The molecule has 0 amide bonds. The Kier molecular flexibility index (Phi) is 4.75. The predicted molar refractivity (Wildman–Crippen MR) is 76.7 cm³/mol. The van der Waals surface area contributed by atoms with Gasteiger partial charge in [-0.3, -0.25) is 0 Å². The lowest BCUT2D eigenvalue weighted by atomic mass is 10.0. The fraction of sp³-hybridized carbons (Fsp3) is 0.143. The van der Waals surface area contributed by atoms with E-state index in [0.717, 1.165) is 24.3 Å². The maximum absolute atomic E-state index is 12.9. The molecule has 0 aliphatic heterocycles. The average molecular weight is 432 g/mol. The standard InChI is InChI=1S/C14H6BrF6O2S/c15-11-6-5-8(7-10(11)13(16,17)18)9-3-1-2-4-12(9)24(22,23)14(19,20)21/h1-2,4-7H. The van der Waals surface area contributed by atoms with Gasteiger partial charge < -0.3 is 0 Å². The van der Waals surface area contributed by atoms with Gasteiger partial charge in [0.1, 0.15) is 0 Å². The summed E-state index contributed by atoms with van der Waals surface area (Å²) in [6.45, 7) is 0. The number of hydrogen-bond acceptors (Lipinski definition) is 2. The second-order valence-electron chi connectivity index (χ2n) is 4.55. The monoisotopic (exact) mass is 431 g/mol. The van der Waals surface area contributed by atoms with Gasteiger partial charge in [-0.1, -0.05) is 34.1 Å². The van der Waals surface area contributed by atoms with Crippen LogP contribution in [0.25, 0.3) is 11.1 Å². The zero-order valence-electron chi connectivity index (χ0n) is 11.3. The summed E-state index contributed by atoms with van der Waals surface area (Å²) in [6.07, 6.45) is -4.77. The molecule has 0 atom stereocenters. The van der Waals surface area contributed by atoms with Crippen LogP contribution in [0.1, 0.15) is 5.56 Å². The van der Waals surface area contributed by atoms with Crippen LogP contribution >= 0.6 is 15.9 Å². The van der Waals surface area contributed by atoms with E-state index in [1.54, 1.807) is 0 Å². The molecular weight excluding hydrogens is 426 g/mol. The van der Waals surface area contributed by atoms with Crippen molar-refractivity contribution in [3.05, 3.63) is 52.5 Å². The van der Waals surface area contributed by atoms with Gasteiger partial charge in [0, 0.05) is 10.0 Å². The first-order valence-corrected chi connectivity index (χ1v) is 8.32. The van der Waals surface area contributed by atoms with E-state index in [2.05, 4.69) is 22.0 Å². The van der Waals surface area contributed by atoms with Crippen molar-refractivity contribution in [3.8, 4) is 11.1 Å². The van der Waals surface area contributed by atoms with Crippen molar-refractivity contribution in [3.63, 3.8) is 0 Å². The maximum Gasteiger partial charge on any atom is 0.501 e. The number of sulfone groups is 1. The highest BCUT2D eigenvalue weighted by molar-refractivity contribution is 9.10. The lowest BCUT2D eigenvalue weighted by Crippen LogP contribution is -2.23. The SMILES string of the molecule is O=S(=O)(c1ccc[c]c1-c1ccc(Br)c(C(F)(F)F)c1)C(F)(F)F. The van der Waals surface area contributed by atoms with Gasteiger partial charge in [-0.15, -0.1) is 0 Å². The molecule has 0 spiro atoms. The second-order valence-corrected chi connectivity index (χ2v) is 7.31. The molecule has 2 nitrogen and oxygen atoms in total. The van der Waals surface area contributed by atoms with E-state index in [0.29, 0.717) is 12.1 Å². The van der Waals surface area contributed by atoms with Crippen molar-refractivity contribution < 1.29 is 34.8 Å². The average Bonchev–Trinajstić information content (AvgIpc) is 2.45. The molecule has 0 bridgehead atoms. The molecule has 0 saturated carbocycles. The largest absolute Gasteiger partial charge is 0.501 e. The molecule has 2 aromatic carbocycles. The summed E-state index contributed by atoms with van der Waals surface area (Å²) in [5.41, 5.74) is -7.67. The van der Waals surface area contributed by atoms with Gasteiger partial charge >= 0.3 is 11.7 Å². The molecule has 2 rings (SSSR count). The zero-order valence-corrected chi connectivity index (χ0v) is 13.7. The topological polar surface area (TPSA) is 34.1 Å². The first-order valence-electron chi connectivity index (χ1n) is 6.05. The molecule has 0 saturated heterocycles. The Bertz CT molecular complexity index is 872. The summed E-state index contributed by atoms with van der Waals surface area (Å²) < 4.78 is 100.0. The third-order valence-corrected chi connectivity index (χ3v) is 5.19. The smallest absolute Gasteiger partial charge is 0.214 e. The Morgan fingerprint density at radius 3 is 2.17 bits per heavy atom. The minimum Gasteiger partial charge on any atom is -0.214 e. The molecule has 2 aromatic rings. The molecular formula is C14H6BrF6O2S. The van der Waals surface area contributed by atoms with Crippen LogP contribution < -0.4 is 0 Å². The van der Waals surface area contributed by atoms with Crippen molar-refractivity contribution in [1.29, 1.82) is 0 Å². The fourth-order valence-corrected chi connectivity index (χ4v) is 3.32. The van der Waals surface area contributed by atoms with Crippen molar-refractivity contribution in [2.24, 2.45) is 0 Å². The van der Waals surface area contributed by atoms with E-state index in [-0.39, 0.29) is 10.0 Å². The quantitative estimate of drug-likeness (QED) is 0.610. The summed E-state index contributed by atoms with van der Waals surface area (Å²) in [4.78, 5) is -1.16. The molecule has 0 heterocycles. The summed E-state index contributed by atoms with van der Waals surface area (Å²) in [7, 11) is -5.74. The van der Waals surface area contributed by atoms with Gasteiger partial charge in [0.2, 0.25) is 0 Å². The summed E-state index contributed by atoms with van der Waals surface area (Å²) in [5, 5.41) is 0. The first-order chi connectivity index (χ1) is 10.9. The minimum absolute atomic E-state index is 0.324. The molecule has 0 N–H and O–H groups in total. The molecule has 1 radical (unpaired) electrons. The normalized spacial score (nSPS) is 13.1. The lowest BCUT2D eigenvalue weighted by Gasteiger charge is -2.15. The molecule has 0 aliphatic rings. The van der Waals surface area contributed by atoms with Gasteiger partial charge in [-0.2, -0.15) is 26.3 Å². The molecule has 129 valence electrons. The first kappa shape index (κ1) is 18.8. The molecule has 0 unspecified atom stereocenters. The highest BCUT2D eigenvalue weighted by atomic mass is 79.9. The van der Waals surface area contributed by atoms with Crippen molar-refractivity contribution >= 4 is 25.8 Å². The summed E-state index contributed by atoms with van der Waals surface area (Å²) in [6, 6.07) is 7.66. The number of benzene rings is 2. The third-order valence-electron chi connectivity index (χ3n) is 2.97. The Balaban J connectivity index is 2.73. The van der Waals surface area contributed by atoms with Gasteiger partial charge in [-0.25, -0.2) is 8.42 Å². The molecule has 0 aromatic heterocycles. The Morgan fingerprint density at radius 2 is 1.62 bits per heavy atom. The van der Waals surface area contributed by atoms with Gasteiger partial charge in [0.15, 0.2) is 0 Å². The number of hydrogen-bond donors (Lipinski definition) is 0. The van der Waals surface area contributed by atoms with E-state index < -0.39 is 37.5 Å². The Hall–Kier alpha value is -1.55. The van der Waals surface area contributed by atoms with Crippen LogP contribution in [-0.2, 0) is 16.0 Å². The van der Waals surface area contributed by atoms with Crippen LogP contribution in [0.15, 0.2) is 45.8 Å². The minimum atomic E-state index is -5.74. The van der Waals surface area contributed by atoms with E-state index in [4.69, 9.17) is 0 Å². The van der Waals surface area contributed by atoms with Gasteiger partial charge in [0.05, 0.1) is 10.5 Å². The van der Waals surface area contributed by atoms with E-state index >= 15 is 0 Å². The van der Waals surface area contributed by atoms with Crippen LogP contribution in [0.5, 0.6) is 0 Å². The van der Waals surface area contributed by atoms with Gasteiger partial charge in [-0.05, 0) is 29.8 Å². The fourth-order valence-electron chi connectivity index (χ4n) is 1.89. The van der Waals surface area contributed by atoms with Crippen LogP contribution in [-0.4, -0.2) is 13.9 Å². The van der Waals surface area contributed by atoms with Crippen LogP contribution in [0, 0.1) is 6.07 Å². The van der Waals surface area contributed by atoms with E-state index in [9.17, 15) is 34.8 Å². The molecule has 0 fully saturated rings. The van der Waals surface area contributed by atoms with Crippen LogP contribution in [0.2, 0.25) is 0 Å². The van der Waals surface area contributed by atoms with Crippen molar-refractivity contribution in [1.82, 2.24) is 0 Å². The summed E-state index contributed by atoms with van der Waals surface area (Å²) >= 11 is 2.70. The molecule has 0 aliphatic carbocycles. The summed E-state index contributed by atoms with van der Waals surface area (Å²) in [5.74, 6) is 0. The van der Waals surface area contributed by atoms with E-state index in [1.807, 2.05) is 0 Å². The number of halogens is 7. The third kappa shape index (κ3) is 3.44. The van der Waals surface area contributed by atoms with Crippen LogP contribution in [0.4, 0.5) is 26.3 Å². The van der Waals surface area contributed by atoms with Crippen molar-refractivity contribution in [2.75, 3.05) is 0 Å². The van der Waals surface area contributed by atoms with Crippen LogP contribution in [0.3, 0.4) is 0 Å². The predicted octanol–water partition coefficient (Wildman–Crippen LogP) is 5.23. The second kappa shape index (κ2) is 6.07. The highest BCUT2D eigenvalue weighted by Crippen LogP contribution is 2.40. The van der Waals surface area contributed by atoms with E-state index in [1.165, 1.54) is 0 Å². The number of alkyl halides is 6. The zero-order chi connectivity index (χ0) is 18.3. The molecule has 24 heavy (non-hydrogen) atoms. The highest BCUT2D eigenvalue weighted by Gasteiger charge is 2.48. The van der Waals surface area contributed by atoms with Crippen molar-refractivity contribution in [2.45, 2.75) is 16.6 Å². The van der Waals surface area contributed by atoms with Gasteiger partial charge in [0.25, 0.3) is 9.84 Å². The maximum atomic E-state index is 12.9. The molecule has 10 heteroatoms.